The van der Waals surface area contributed by atoms with E-state index in [0.29, 0.717) is 19.4 Å². The summed E-state index contributed by atoms with van der Waals surface area (Å²) in [4.78, 5) is 12.2. The van der Waals surface area contributed by atoms with E-state index >= 15 is 0 Å². The Morgan fingerprint density at radius 2 is 1.71 bits per heavy atom. The van der Waals surface area contributed by atoms with E-state index in [0.717, 1.165) is 6.42 Å². The first-order valence-electron chi connectivity index (χ1n) is 10.6. The number of amides is 1. The minimum absolute atomic E-state index is 0.152. The molecule has 2 rings (SSSR count). The van der Waals surface area contributed by atoms with Crippen LogP contribution in [0.3, 0.4) is 0 Å². The summed E-state index contributed by atoms with van der Waals surface area (Å²) in [6.45, 7) is 0.360. The molecule has 11 atom stereocenters. The molecule has 0 aromatic heterocycles. The Labute approximate surface area is 181 Å². The van der Waals surface area contributed by atoms with E-state index < -0.39 is 73.0 Å². The van der Waals surface area contributed by atoms with Gasteiger partial charge in [0.2, 0.25) is 5.91 Å². The van der Waals surface area contributed by atoms with Gasteiger partial charge in [0.1, 0.15) is 30.5 Å². The van der Waals surface area contributed by atoms with Crippen LogP contribution in [-0.4, -0.2) is 107 Å². The van der Waals surface area contributed by atoms with Gasteiger partial charge in [-0.2, -0.15) is 0 Å². The van der Waals surface area contributed by atoms with Crippen LogP contribution >= 0.6 is 0 Å². The van der Waals surface area contributed by atoms with Crippen molar-refractivity contribution in [3.63, 3.8) is 0 Å². The van der Waals surface area contributed by atoms with Gasteiger partial charge in [-0.15, -0.1) is 0 Å². The van der Waals surface area contributed by atoms with Crippen molar-refractivity contribution in [3.05, 3.63) is 0 Å². The monoisotopic (exact) mass is 450 g/mol. The van der Waals surface area contributed by atoms with Crippen LogP contribution in [0.1, 0.15) is 25.7 Å². The van der Waals surface area contributed by atoms with E-state index in [4.69, 9.17) is 38.1 Å². The maximum Gasteiger partial charge on any atom is 0.237 e. The predicted octanol–water partition coefficient (Wildman–Crippen LogP) is -5.50. The summed E-state index contributed by atoms with van der Waals surface area (Å²) < 4.78 is 11.4. The summed E-state index contributed by atoms with van der Waals surface area (Å²) in [7, 11) is 0. The standard InChI is InChI=1S/C18H38N6O7/c19-4-2-1-3-7(20)17(29)24-6-10-13(26)14(27)11(23)18(30-10)31-16-9(22)5-8(21)12(25)15(16)28/h7-16,18,25-28H,1-6,19-23H2,(H,24,29)/t7-,8+,9-,10+,11+,12-,13+,14+,15+,16+,18+/m0/s1. The zero-order valence-electron chi connectivity index (χ0n) is 17.5. The average Bonchev–Trinajstić information content (AvgIpc) is 2.74. The van der Waals surface area contributed by atoms with E-state index in [1.807, 2.05) is 0 Å². The molecule has 1 aliphatic heterocycles. The van der Waals surface area contributed by atoms with Gasteiger partial charge in [0.05, 0.1) is 18.2 Å². The van der Waals surface area contributed by atoms with Crippen LogP contribution in [-0.2, 0) is 14.3 Å². The predicted molar refractivity (Wildman–Crippen MR) is 110 cm³/mol. The van der Waals surface area contributed by atoms with E-state index in [2.05, 4.69) is 5.32 Å². The summed E-state index contributed by atoms with van der Waals surface area (Å²) in [5.41, 5.74) is 28.9. The molecule has 0 spiro atoms. The molecule has 15 N–H and O–H groups in total. The first kappa shape index (κ1) is 26.3. The second kappa shape index (κ2) is 11.8. The van der Waals surface area contributed by atoms with Crippen molar-refractivity contribution >= 4 is 5.91 Å². The van der Waals surface area contributed by atoms with Crippen molar-refractivity contribution in [2.24, 2.45) is 28.7 Å². The molecule has 1 amide bonds. The fraction of sp³-hybridized carbons (Fsp3) is 0.944. The topological polar surface area (TPSA) is 259 Å². The molecule has 2 fully saturated rings. The van der Waals surface area contributed by atoms with Crippen molar-refractivity contribution in [1.29, 1.82) is 0 Å². The van der Waals surface area contributed by atoms with Gasteiger partial charge in [-0.3, -0.25) is 4.79 Å². The summed E-state index contributed by atoms with van der Waals surface area (Å²) in [6.07, 6.45) is -6.72. The minimum atomic E-state index is -1.43. The number of aliphatic hydroxyl groups is 4. The van der Waals surface area contributed by atoms with Crippen molar-refractivity contribution in [3.8, 4) is 0 Å². The summed E-state index contributed by atoms with van der Waals surface area (Å²) in [6, 6.07) is -3.33. The SMILES string of the molecule is NCCCC[C@H](N)C(=O)NC[C@H]1O[C@H](O[C@H]2[C@H](O)[C@@H](O)[C@H](N)C[C@@H]2N)[C@H](N)[C@@H](O)[C@@H]1O. The van der Waals surface area contributed by atoms with E-state index in [-0.39, 0.29) is 13.0 Å². The quantitative estimate of drug-likeness (QED) is 0.147. The number of hydrogen-bond acceptors (Lipinski definition) is 12. The molecule has 0 radical (unpaired) electrons. The smallest absolute Gasteiger partial charge is 0.237 e. The fourth-order valence-electron chi connectivity index (χ4n) is 3.84. The summed E-state index contributed by atoms with van der Waals surface area (Å²) >= 11 is 0. The van der Waals surface area contributed by atoms with Crippen molar-refractivity contribution in [2.45, 2.75) is 92.8 Å². The molecular weight excluding hydrogens is 412 g/mol. The number of rotatable bonds is 9. The van der Waals surface area contributed by atoms with Crippen molar-refractivity contribution in [2.75, 3.05) is 13.1 Å². The van der Waals surface area contributed by atoms with Gasteiger partial charge in [-0.25, -0.2) is 0 Å². The third kappa shape index (κ3) is 6.52. The largest absolute Gasteiger partial charge is 0.389 e. The lowest BCUT2D eigenvalue weighted by Gasteiger charge is -2.45. The molecule has 1 aliphatic carbocycles. The Kier molecular flexibility index (Phi) is 9.98. The van der Waals surface area contributed by atoms with Gasteiger partial charge in [-0.1, -0.05) is 6.42 Å². The first-order chi connectivity index (χ1) is 14.6. The van der Waals surface area contributed by atoms with Crippen LogP contribution < -0.4 is 34.0 Å². The van der Waals surface area contributed by atoms with E-state index in [1.165, 1.54) is 0 Å². The lowest BCUT2D eigenvalue weighted by atomic mass is 9.84. The third-order valence-corrected chi connectivity index (χ3v) is 5.91. The number of nitrogens with one attached hydrogen (secondary N) is 1. The van der Waals surface area contributed by atoms with Gasteiger partial charge < -0.3 is 63.9 Å². The van der Waals surface area contributed by atoms with Gasteiger partial charge >= 0.3 is 0 Å². The first-order valence-corrected chi connectivity index (χ1v) is 10.6. The van der Waals surface area contributed by atoms with Gasteiger partial charge in [0, 0.05) is 18.6 Å². The highest BCUT2D eigenvalue weighted by Gasteiger charge is 2.48. The van der Waals surface area contributed by atoms with Crippen LogP contribution in [0, 0.1) is 0 Å². The molecule has 182 valence electrons. The van der Waals surface area contributed by atoms with Crippen LogP contribution in [0.5, 0.6) is 0 Å². The van der Waals surface area contributed by atoms with Gasteiger partial charge in [-0.05, 0) is 25.8 Å². The number of unbranched alkanes of at least 4 members (excludes halogenated alkanes) is 1. The molecule has 31 heavy (non-hydrogen) atoms. The molecule has 1 heterocycles. The maximum atomic E-state index is 12.2. The Morgan fingerprint density at radius 3 is 2.35 bits per heavy atom. The average molecular weight is 451 g/mol. The molecule has 1 saturated carbocycles. The lowest BCUT2D eigenvalue weighted by Crippen LogP contribution is -2.67. The van der Waals surface area contributed by atoms with Gasteiger partial charge in [0.15, 0.2) is 6.29 Å². The molecular formula is C18H38N6O7. The molecule has 0 unspecified atom stereocenters. The van der Waals surface area contributed by atoms with Crippen molar-refractivity contribution < 1.29 is 34.7 Å². The number of hydrogen-bond donors (Lipinski definition) is 10. The Morgan fingerprint density at radius 1 is 1.03 bits per heavy atom. The molecule has 0 bridgehead atoms. The molecule has 1 saturated heterocycles. The van der Waals surface area contributed by atoms with E-state index in [1.54, 1.807) is 0 Å². The Hall–Kier alpha value is -0.970. The summed E-state index contributed by atoms with van der Waals surface area (Å²) in [5.74, 6) is -0.434. The number of carbonyl (C=O) groups excluding carboxylic acids is 1. The number of ether oxygens (including phenoxy) is 2. The second-order valence-corrected chi connectivity index (χ2v) is 8.38. The highest BCUT2D eigenvalue weighted by molar-refractivity contribution is 5.81. The molecule has 2 aliphatic rings. The van der Waals surface area contributed by atoms with Gasteiger partial charge in [0.25, 0.3) is 0 Å². The second-order valence-electron chi connectivity index (χ2n) is 8.38. The fourth-order valence-corrected chi connectivity index (χ4v) is 3.84. The number of aliphatic hydroxyl groups excluding tert-OH is 4. The van der Waals surface area contributed by atoms with E-state index in [9.17, 15) is 25.2 Å². The molecule has 0 aromatic rings. The number of nitrogens with two attached hydrogens (primary N) is 5. The minimum Gasteiger partial charge on any atom is -0.389 e. The van der Waals surface area contributed by atoms with Crippen LogP contribution in [0.15, 0.2) is 0 Å². The zero-order valence-corrected chi connectivity index (χ0v) is 17.5. The zero-order chi connectivity index (χ0) is 23.3. The maximum absolute atomic E-state index is 12.2. The third-order valence-electron chi connectivity index (χ3n) is 5.91. The van der Waals surface area contributed by atoms with Crippen LogP contribution in [0.4, 0.5) is 0 Å². The van der Waals surface area contributed by atoms with Crippen LogP contribution in [0.2, 0.25) is 0 Å². The normalized spacial score (nSPS) is 42.2. The Bertz CT molecular complexity index is 576. The molecule has 13 heteroatoms. The summed E-state index contributed by atoms with van der Waals surface area (Å²) in [5, 5.41) is 43.5. The van der Waals surface area contributed by atoms with Crippen molar-refractivity contribution in [1.82, 2.24) is 5.32 Å². The highest BCUT2D eigenvalue weighted by Crippen LogP contribution is 2.27. The Balaban J connectivity index is 1.96. The highest BCUT2D eigenvalue weighted by atomic mass is 16.7. The molecule has 0 aromatic carbocycles. The molecule has 13 nitrogen and oxygen atoms in total. The number of carbonyl (C=O) groups is 1. The lowest BCUT2D eigenvalue weighted by molar-refractivity contribution is -0.288. The van der Waals surface area contributed by atoms with Crippen LogP contribution in [0.25, 0.3) is 0 Å².